The average molecular weight is 325 g/mol. The molecule has 7 nitrogen and oxygen atoms in total. The molecule has 0 unspecified atom stereocenters. The van der Waals surface area contributed by atoms with E-state index >= 15 is 0 Å². The normalized spacial score (nSPS) is 14.6. The number of aromatic nitrogens is 2. The van der Waals surface area contributed by atoms with Gasteiger partial charge in [-0.05, 0) is 40.0 Å². The van der Waals surface area contributed by atoms with E-state index in [1.807, 2.05) is 20.8 Å². The summed E-state index contributed by atoms with van der Waals surface area (Å²) in [6.45, 7) is 7.25. The molecule has 1 amide bonds. The van der Waals surface area contributed by atoms with E-state index in [1.54, 1.807) is 11.0 Å². The van der Waals surface area contributed by atoms with Crippen LogP contribution in [0.1, 0.15) is 45.9 Å². The van der Waals surface area contributed by atoms with Crippen molar-refractivity contribution >= 4 is 6.09 Å². The van der Waals surface area contributed by atoms with Crippen LogP contribution in [0.2, 0.25) is 0 Å². The van der Waals surface area contributed by atoms with Crippen molar-refractivity contribution in [2.24, 2.45) is 0 Å². The van der Waals surface area contributed by atoms with Gasteiger partial charge >= 0.3 is 6.09 Å². The maximum Gasteiger partial charge on any atom is 0.410 e. The Kier molecular flexibility index (Phi) is 7.74. The molecule has 0 radical (unpaired) electrons. The molecule has 2 heterocycles. The largest absolute Gasteiger partial charge is 0.481 e. The smallest absolute Gasteiger partial charge is 0.410 e. The summed E-state index contributed by atoms with van der Waals surface area (Å²) in [5, 5.41) is 8.58. The monoisotopic (exact) mass is 325 g/mol. The van der Waals surface area contributed by atoms with Crippen LogP contribution >= 0.6 is 0 Å². The highest BCUT2D eigenvalue weighted by atomic mass is 16.6. The Morgan fingerprint density at radius 2 is 1.96 bits per heavy atom. The molecule has 0 bridgehead atoms. The summed E-state index contributed by atoms with van der Waals surface area (Å²) in [6.07, 6.45) is 4.84. The number of methoxy groups -OCH3 is 1. The molecule has 130 valence electrons. The van der Waals surface area contributed by atoms with Gasteiger partial charge in [-0.2, -0.15) is 4.98 Å². The molecule has 0 aliphatic carbocycles. The molecule has 1 aliphatic heterocycles. The van der Waals surface area contributed by atoms with Crippen molar-refractivity contribution in [2.45, 2.75) is 52.2 Å². The van der Waals surface area contributed by atoms with E-state index in [1.165, 1.54) is 19.7 Å². The Balaban J connectivity index is 0.000000238. The zero-order chi connectivity index (χ0) is 17.3. The molecule has 1 aromatic heterocycles. The number of hydrogen-bond donors (Lipinski definition) is 1. The van der Waals surface area contributed by atoms with E-state index in [0.717, 1.165) is 25.9 Å². The van der Waals surface area contributed by atoms with Crippen molar-refractivity contribution < 1.29 is 19.4 Å². The Hall–Kier alpha value is -1.89. The third-order valence-electron chi connectivity index (χ3n) is 3.04. The van der Waals surface area contributed by atoms with Gasteiger partial charge in [-0.15, -0.1) is 0 Å². The number of aliphatic hydroxyl groups is 1. The molecule has 0 saturated carbocycles. The maximum absolute atomic E-state index is 11.5. The summed E-state index contributed by atoms with van der Waals surface area (Å²) < 4.78 is 10.1. The lowest BCUT2D eigenvalue weighted by Gasteiger charge is -2.29. The number of likely N-dealkylation sites (tertiary alicyclic amines) is 1. The number of amides is 1. The Bertz CT molecular complexity index is 463. The zero-order valence-electron chi connectivity index (χ0n) is 14.4. The molecule has 1 saturated heterocycles. The fourth-order valence-electron chi connectivity index (χ4n) is 1.97. The quantitative estimate of drug-likeness (QED) is 0.898. The Morgan fingerprint density at radius 1 is 1.30 bits per heavy atom. The number of nitrogens with zero attached hydrogens (tertiary/aromatic N) is 3. The van der Waals surface area contributed by atoms with Crippen molar-refractivity contribution in [1.82, 2.24) is 14.9 Å². The minimum atomic E-state index is -0.367. The van der Waals surface area contributed by atoms with Gasteiger partial charge < -0.3 is 19.5 Å². The van der Waals surface area contributed by atoms with Crippen LogP contribution in [-0.4, -0.2) is 51.9 Å². The minimum Gasteiger partial charge on any atom is -0.481 e. The average Bonchev–Trinajstić information content (AvgIpc) is 2.54. The fourth-order valence-corrected chi connectivity index (χ4v) is 1.97. The Morgan fingerprint density at radius 3 is 2.48 bits per heavy atom. The number of hydrogen-bond acceptors (Lipinski definition) is 6. The van der Waals surface area contributed by atoms with Crippen LogP contribution in [0.25, 0.3) is 0 Å². The van der Waals surface area contributed by atoms with Crippen LogP contribution in [0.15, 0.2) is 12.3 Å². The van der Waals surface area contributed by atoms with E-state index in [-0.39, 0.29) is 18.3 Å². The van der Waals surface area contributed by atoms with Crippen LogP contribution < -0.4 is 4.74 Å². The molecule has 0 atom stereocenters. The van der Waals surface area contributed by atoms with Gasteiger partial charge in [-0.25, -0.2) is 9.78 Å². The predicted molar refractivity (Wildman–Crippen MR) is 86.2 cm³/mol. The summed E-state index contributed by atoms with van der Waals surface area (Å²) >= 11 is 0. The lowest BCUT2D eigenvalue weighted by molar-refractivity contribution is 0.0216. The summed E-state index contributed by atoms with van der Waals surface area (Å²) in [5.74, 6) is 0.846. The number of carbonyl (C=O) groups is 1. The van der Waals surface area contributed by atoms with Crippen molar-refractivity contribution in [3.8, 4) is 5.88 Å². The van der Waals surface area contributed by atoms with Gasteiger partial charge in [0.15, 0.2) is 5.82 Å². The SMILES string of the molecule is CC(C)(C)OC(=O)N1CCCCC1.COc1ccnc(CO)n1. The molecule has 0 spiro atoms. The molecular formula is C16H27N3O4. The van der Waals surface area contributed by atoms with Gasteiger partial charge in [0, 0.05) is 25.4 Å². The predicted octanol–water partition coefficient (Wildman–Crippen LogP) is 2.38. The number of rotatable bonds is 2. The summed E-state index contributed by atoms with van der Waals surface area (Å²) in [7, 11) is 1.52. The highest BCUT2D eigenvalue weighted by molar-refractivity contribution is 5.68. The first-order valence-electron chi connectivity index (χ1n) is 7.80. The first-order chi connectivity index (χ1) is 10.9. The third-order valence-corrected chi connectivity index (χ3v) is 3.04. The third kappa shape index (κ3) is 7.78. The number of aliphatic hydroxyl groups excluding tert-OH is 1. The second-order valence-corrected chi connectivity index (χ2v) is 6.20. The highest BCUT2D eigenvalue weighted by Crippen LogP contribution is 2.14. The molecule has 7 heteroatoms. The molecule has 1 fully saturated rings. The van der Waals surface area contributed by atoms with Crippen LogP contribution in [-0.2, 0) is 11.3 Å². The highest BCUT2D eigenvalue weighted by Gasteiger charge is 2.22. The first-order valence-corrected chi connectivity index (χ1v) is 7.80. The number of ether oxygens (including phenoxy) is 2. The van der Waals surface area contributed by atoms with Crippen molar-refractivity contribution in [3.05, 3.63) is 18.1 Å². The van der Waals surface area contributed by atoms with Crippen LogP contribution in [0, 0.1) is 0 Å². The molecule has 0 aromatic carbocycles. The van der Waals surface area contributed by atoms with E-state index in [9.17, 15) is 4.79 Å². The topological polar surface area (TPSA) is 84.8 Å². The van der Waals surface area contributed by atoms with Gasteiger partial charge in [0.2, 0.25) is 5.88 Å². The Labute approximate surface area is 137 Å². The molecule has 2 rings (SSSR count). The van der Waals surface area contributed by atoms with Crippen molar-refractivity contribution in [2.75, 3.05) is 20.2 Å². The second kappa shape index (κ2) is 9.29. The molecular weight excluding hydrogens is 298 g/mol. The van der Waals surface area contributed by atoms with Crippen molar-refractivity contribution in [1.29, 1.82) is 0 Å². The lowest BCUT2D eigenvalue weighted by atomic mass is 10.1. The molecule has 1 N–H and O–H groups in total. The van der Waals surface area contributed by atoms with E-state index in [4.69, 9.17) is 14.6 Å². The summed E-state index contributed by atoms with van der Waals surface area (Å²) in [4.78, 5) is 20.9. The fraction of sp³-hybridized carbons (Fsp3) is 0.688. The second-order valence-electron chi connectivity index (χ2n) is 6.20. The minimum absolute atomic E-state index is 0.156. The summed E-state index contributed by atoms with van der Waals surface area (Å²) in [5.41, 5.74) is -0.367. The van der Waals surface area contributed by atoms with Gasteiger partial charge in [-0.1, -0.05) is 0 Å². The zero-order valence-corrected chi connectivity index (χ0v) is 14.4. The number of piperidine rings is 1. The van der Waals surface area contributed by atoms with Gasteiger partial charge in [0.1, 0.15) is 12.2 Å². The summed E-state index contributed by atoms with van der Waals surface area (Å²) in [6, 6.07) is 1.62. The van der Waals surface area contributed by atoms with Crippen LogP contribution in [0.4, 0.5) is 4.79 Å². The van der Waals surface area contributed by atoms with E-state index in [2.05, 4.69) is 9.97 Å². The lowest BCUT2D eigenvalue weighted by Crippen LogP contribution is -2.39. The molecule has 1 aromatic rings. The van der Waals surface area contributed by atoms with Gasteiger partial charge in [0.05, 0.1) is 7.11 Å². The standard InChI is InChI=1S/C10H19NO2.C6H8N2O2/c1-10(2,3)13-9(12)11-7-5-4-6-8-11;1-10-6-2-3-7-5(4-9)8-6/h4-8H2,1-3H3;2-3,9H,4H2,1H3. The first kappa shape index (κ1) is 19.2. The van der Waals surface area contributed by atoms with E-state index in [0.29, 0.717) is 11.7 Å². The number of carbonyl (C=O) groups excluding carboxylic acids is 1. The van der Waals surface area contributed by atoms with E-state index < -0.39 is 0 Å². The van der Waals surface area contributed by atoms with Crippen LogP contribution in [0.3, 0.4) is 0 Å². The van der Waals surface area contributed by atoms with Gasteiger partial charge in [0.25, 0.3) is 0 Å². The van der Waals surface area contributed by atoms with Crippen LogP contribution in [0.5, 0.6) is 5.88 Å². The maximum atomic E-state index is 11.5. The molecule has 23 heavy (non-hydrogen) atoms. The van der Waals surface area contributed by atoms with Crippen molar-refractivity contribution in [3.63, 3.8) is 0 Å². The molecule has 1 aliphatic rings. The van der Waals surface area contributed by atoms with Gasteiger partial charge in [-0.3, -0.25) is 0 Å².